The van der Waals surface area contributed by atoms with E-state index in [0.717, 1.165) is 5.56 Å². The summed E-state index contributed by atoms with van der Waals surface area (Å²) in [7, 11) is -3.44. The normalized spacial score (nSPS) is 20.7. The molecule has 1 aromatic rings. The maximum absolute atomic E-state index is 11.8. The molecule has 1 aliphatic rings. The number of sulfonamides is 1. The number of benzene rings is 1. The van der Waals surface area contributed by atoms with Gasteiger partial charge in [-0.05, 0) is 12.0 Å². The number of rotatable bonds is 7. The minimum Gasteiger partial charge on any atom is -0.392 e. The van der Waals surface area contributed by atoms with E-state index < -0.39 is 22.2 Å². The summed E-state index contributed by atoms with van der Waals surface area (Å²) in [6.45, 7) is 0.653. The van der Waals surface area contributed by atoms with Crippen molar-refractivity contribution < 1.29 is 18.3 Å². The monoisotopic (exact) mass is 363 g/mol. The Kier molecular flexibility index (Phi) is 7.93. The molecule has 0 aliphatic carbocycles. The molecule has 1 saturated heterocycles. The van der Waals surface area contributed by atoms with E-state index in [1.165, 1.54) is 0 Å². The van der Waals surface area contributed by atoms with Crippen LogP contribution in [0.3, 0.4) is 0 Å². The molecule has 0 aromatic heterocycles. The topological polar surface area (TPSA) is 108 Å². The second kappa shape index (κ2) is 9.19. The van der Waals surface area contributed by atoms with Crippen LogP contribution in [-0.2, 0) is 21.4 Å². The molecule has 130 valence electrons. The molecule has 1 heterocycles. The first-order chi connectivity index (χ1) is 10.5. The van der Waals surface area contributed by atoms with Crippen molar-refractivity contribution in [1.82, 2.24) is 15.4 Å². The molecule has 1 amide bonds. The third kappa shape index (κ3) is 6.84. The van der Waals surface area contributed by atoms with Crippen LogP contribution in [0.5, 0.6) is 0 Å². The van der Waals surface area contributed by atoms with Gasteiger partial charge in [0.15, 0.2) is 0 Å². The number of hydrogen-bond donors (Lipinski definition) is 4. The molecule has 23 heavy (non-hydrogen) atoms. The first-order valence-corrected chi connectivity index (χ1v) is 8.82. The summed E-state index contributed by atoms with van der Waals surface area (Å²) >= 11 is 0. The van der Waals surface area contributed by atoms with Crippen molar-refractivity contribution in [2.24, 2.45) is 0 Å². The Morgan fingerprint density at radius 2 is 2.00 bits per heavy atom. The first-order valence-electron chi connectivity index (χ1n) is 7.17. The second-order valence-electron chi connectivity index (χ2n) is 5.27. The lowest BCUT2D eigenvalue weighted by Gasteiger charge is -2.11. The van der Waals surface area contributed by atoms with Crippen LogP contribution < -0.4 is 15.4 Å². The number of aliphatic hydroxyl groups is 1. The molecule has 7 nitrogen and oxygen atoms in total. The van der Waals surface area contributed by atoms with E-state index >= 15 is 0 Å². The lowest BCUT2D eigenvalue weighted by molar-refractivity contribution is -0.122. The molecule has 0 spiro atoms. The van der Waals surface area contributed by atoms with E-state index in [1.54, 1.807) is 0 Å². The van der Waals surface area contributed by atoms with E-state index in [1.807, 2.05) is 30.3 Å². The Morgan fingerprint density at radius 3 is 2.61 bits per heavy atom. The smallest absolute Gasteiger partial charge is 0.237 e. The maximum Gasteiger partial charge on any atom is 0.237 e. The molecule has 0 saturated carbocycles. The van der Waals surface area contributed by atoms with Crippen LogP contribution in [0.4, 0.5) is 0 Å². The van der Waals surface area contributed by atoms with Crippen molar-refractivity contribution in [3.05, 3.63) is 35.9 Å². The van der Waals surface area contributed by atoms with Gasteiger partial charge in [0.1, 0.15) is 0 Å². The summed E-state index contributed by atoms with van der Waals surface area (Å²) in [4.78, 5) is 11.8. The van der Waals surface area contributed by atoms with Crippen molar-refractivity contribution in [2.45, 2.75) is 25.1 Å². The molecule has 4 N–H and O–H groups in total. The fraction of sp³-hybridized carbons (Fsp3) is 0.500. The predicted octanol–water partition coefficient (Wildman–Crippen LogP) is -0.633. The summed E-state index contributed by atoms with van der Waals surface area (Å²) in [5.41, 5.74) is 0.874. The van der Waals surface area contributed by atoms with Crippen molar-refractivity contribution in [3.63, 3.8) is 0 Å². The van der Waals surface area contributed by atoms with Crippen LogP contribution in [0.2, 0.25) is 0 Å². The van der Waals surface area contributed by atoms with Gasteiger partial charge in [-0.1, -0.05) is 30.3 Å². The summed E-state index contributed by atoms with van der Waals surface area (Å²) in [5.74, 6) is -0.462. The highest BCUT2D eigenvalue weighted by atomic mass is 35.5. The predicted molar refractivity (Wildman–Crippen MR) is 89.7 cm³/mol. The molecule has 9 heteroatoms. The average Bonchev–Trinajstić information content (AvgIpc) is 2.93. The lowest BCUT2D eigenvalue weighted by atomic mass is 10.2. The number of β-amino-alcohol motifs (C(OH)–C–C–N with tert-alkyl or cyclic N) is 1. The van der Waals surface area contributed by atoms with Gasteiger partial charge in [0.2, 0.25) is 15.9 Å². The Bertz CT molecular complexity index is 597. The molecular formula is C14H22ClN3O4S. The minimum atomic E-state index is -3.44. The van der Waals surface area contributed by atoms with E-state index in [9.17, 15) is 18.3 Å². The highest BCUT2D eigenvalue weighted by Crippen LogP contribution is 2.05. The van der Waals surface area contributed by atoms with Crippen molar-refractivity contribution >= 4 is 28.3 Å². The molecule has 2 rings (SSSR count). The maximum atomic E-state index is 11.8. The molecule has 1 aliphatic heterocycles. The van der Waals surface area contributed by atoms with Crippen LogP contribution in [0.25, 0.3) is 0 Å². The number of carbonyl (C=O) groups is 1. The summed E-state index contributed by atoms with van der Waals surface area (Å²) in [5, 5.41) is 14.8. The van der Waals surface area contributed by atoms with Crippen LogP contribution >= 0.6 is 12.4 Å². The third-order valence-corrected chi connectivity index (χ3v) is 4.76. The van der Waals surface area contributed by atoms with Gasteiger partial charge in [-0.3, -0.25) is 4.79 Å². The largest absolute Gasteiger partial charge is 0.392 e. The fourth-order valence-electron chi connectivity index (χ4n) is 2.21. The molecule has 0 bridgehead atoms. The van der Waals surface area contributed by atoms with Crippen molar-refractivity contribution in [3.8, 4) is 0 Å². The lowest BCUT2D eigenvalue weighted by Crippen LogP contribution is -2.43. The Morgan fingerprint density at radius 1 is 1.30 bits per heavy atom. The van der Waals surface area contributed by atoms with Crippen LogP contribution in [0.15, 0.2) is 30.3 Å². The molecule has 1 aromatic carbocycles. The summed E-state index contributed by atoms with van der Waals surface area (Å²) in [6.07, 6.45) is -0.169. The van der Waals surface area contributed by atoms with Crippen LogP contribution in [0, 0.1) is 0 Å². The highest BCUT2D eigenvalue weighted by molar-refractivity contribution is 7.89. The third-order valence-electron chi connectivity index (χ3n) is 3.43. The Hall–Kier alpha value is -1.19. The number of nitrogens with one attached hydrogen (secondary N) is 3. The van der Waals surface area contributed by atoms with Gasteiger partial charge < -0.3 is 15.7 Å². The van der Waals surface area contributed by atoms with Crippen molar-refractivity contribution in [2.75, 3.05) is 18.8 Å². The summed E-state index contributed by atoms with van der Waals surface area (Å²) < 4.78 is 26.2. The van der Waals surface area contributed by atoms with Crippen molar-refractivity contribution in [1.29, 1.82) is 0 Å². The van der Waals surface area contributed by atoms with Crippen LogP contribution in [0.1, 0.15) is 12.0 Å². The molecule has 0 radical (unpaired) electrons. The fourth-order valence-corrected chi connectivity index (χ4v) is 3.11. The number of hydrogen-bond acceptors (Lipinski definition) is 5. The Labute approximate surface area is 142 Å². The van der Waals surface area contributed by atoms with Crippen LogP contribution in [-0.4, -0.2) is 50.4 Å². The number of carbonyl (C=O) groups excluding carboxylic acids is 1. The molecular weight excluding hydrogens is 342 g/mol. The van der Waals surface area contributed by atoms with Gasteiger partial charge >= 0.3 is 0 Å². The number of halogens is 1. The zero-order valence-corrected chi connectivity index (χ0v) is 14.2. The van der Waals surface area contributed by atoms with E-state index in [2.05, 4.69) is 15.4 Å². The van der Waals surface area contributed by atoms with E-state index in [-0.39, 0.29) is 37.2 Å². The van der Waals surface area contributed by atoms with Gasteiger partial charge in [0.05, 0.1) is 17.9 Å². The van der Waals surface area contributed by atoms with Gasteiger partial charge in [0.25, 0.3) is 0 Å². The average molecular weight is 364 g/mol. The first kappa shape index (κ1) is 19.9. The summed E-state index contributed by atoms with van der Waals surface area (Å²) in [6, 6.07) is 8.76. The number of aliphatic hydroxyl groups excluding tert-OH is 1. The Balaban J connectivity index is 0.00000264. The molecule has 2 atom stereocenters. The van der Waals surface area contributed by atoms with Gasteiger partial charge in [-0.25, -0.2) is 13.1 Å². The zero-order chi connectivity index (χ0) is 16.0. The highest BCUT2D eigenvalue weighted by Gasteiger charge is 2.27. The van der Waals surface area contributed by atoms with Gasteiger partial charge in [0, 0.05) is 19.6 Å². The standard InChI is InChI=1S/C14H21N3O4S.ClH/c18-12-8-13(16-10-12)14(19)15-6-7-22(20,21)17-9-11-4-2-1-3-5-11;/h1-5,12-13,16-18H,6-10H2,(H,15,19);1H. The number of amides is 1. The SMILES string of the molecule is Cl.O=C(NCCS(=O)(=O)NCc1ccccc1)C1CC(O)CN1. The van der Waals surface area contributed by atoms with E-state index in [0.29, 0.717) is 13.0 Å². The van der Waals surface area contributed by atoms with E-state index in [4.69, 9.17) is 0 Å². The minimum absolute atomic E-state index is 0. The van der Waals surface area contributed by atoms with Gasteiger partial charge in [-0.2, -0.15) is 0 Å². The zero-order valence-electron chi connectivity index (χ0n) is 12.6. The second-order valence-corrected chi connectivity index (χ2v) is 7.19. The quantitative estimate of drug-likeness (QED) is 0.516. The van der Waals surface area contributed by atoms with Gasteiger partial charge in [-0.15, -0.1) is 12.4 Å². The molecule has 2 unspecified atom stereocenters. The molecule has 1 fully saturated rings.